The van der Waals surface area contributed by atoms with Gasteiger partial charge in [-0.05, 0) is 48.5 Å². The first-order valence-electron chi connectivity index (χ1n) is 7.54. The largest absolute Gasteiger partial charge is 0.492 e. The number of aromatic nitrogens is 2. The third-order valence-electron chi connectivity index (χ3n) is 4.03. The van der Waals surface area contributed by atoms with Gasteiger partial charge in [0.1, 0.15) is 0 Å². The van der Waals surface area contributed by atoms with Crippen LogP contribution in [0, 0.1) is 5.92 Å². The summed E-state index contributed by atoms with van der Waals surface area (Å²) in [5.74, 6) is 1.59. The highest BCUT2D eigenvalue weighted by Gasteiger charge is 2.23. The first kappa shape index (κ1) is 15.0. The molecule has 1 heterocycles. The average Bonchev–Trinajstić information content (AvgIpc) is 2.89. The third-order valence-corrected chi connectivity index (χ3v) is 4.97. The highest BCUT2D eigenvalue weighted by Crippen LogP contribution is 2.40. The Morgan fingerprint density at radius 1 is 1.32 bits per heavy atom. The van der Waals surface area contributed by atoms with Crippen LogP contribution in [0.3, 0.4) is 0 Å². The smallest absolute Gasteiger partial charge is 0.231 e. The standard InChI is InChI=1S/C17H21N3OS/c1-12-8-9-15(22-2)14(10-12)17-18-11-16(21)20(17)19-13-6-4-3-5-7-13/h3-7,11-12,19,21H,8-10H2,1-2H3. The summed E-state index contributed by atoms with van der Waals surface area (Å²) in [6, 6.07) is 9.83. The van der Waals surface area contributed by atoms with E-state index in [9.17, 15) is 5.11 Å². The molecule has 2 N–H and O–H groups in total. The molecule has 1 atom stereocenters. The Labute approximate surface area is 135 Å². The van der Waals surface area contributed by atoms with Gasteiger partial charge in [0.05, 0.1) is 11.9 Å². The fraction of sp³-hybridized carbons (Fsp3) is 0.353. The molecule has 0 fully saturated rings. The Morgan fingerprint density at radius 3 is 2.82 bits per heavy atom. The number of para-hydroxylation sites is 1. The van der Waals surface area contributed by atoms with Crippen LogP contribution in [0.2, 0.25) is 0 Å². The van der Waals surface area contributed by atoms with Crippen LogP contribution >= 0.6 is 11.8 Å². The van der Waals surface area contributed by atoms with Crippen LogP contribution in [0.1, 0.15) is 32.0 Å². The second-order valence-corrected chi connectivity index (χ2v) is 6.61. The molecular weight excluding hydrogens is 294 g/mol. The summed E-state index contributed by atoms with van der Waals surface area (Å²) in [6.07, 6.45) is 6.94. The molecule has 2 aromatic rings. The number of thioether (sulfide) groups is 1. The number of hydrogen-bond donors (Lipinski definition) is 2. The number of hydrogen-bond acceptors (Lipinski definition) is 4. The molecular formula is C17H21N3OS. The van der Waals surface area contributed by atoms with Crippen molar-refractivity contribution in [3.05, 3.63) is 47.3 Å². The Balaban J connectivity index is 1.99. The number of nitrogens with one attached hydrogen (secondary N) is 1. The molecule has 0 aliphatic heterocycles. The van der Waals surface area contributed by atoms with Crippen LogP contribution in [0.25, 0.3) is 5.57 Å². The Bertz CT molecular complexity index is 678. The molecule has 22 heavy (non-hydrogen) atoms. The summed E-state index contributed by atoms with van der Waals surface area (Å²) in [5, 5.41) is 10.2. The molecule has 4 nitrogen and oxygen atoms in total. The van der Waals surface area contributed by atoms with E-state index in [2.05, 4.69) is 23.6 Å². The zero-order valence-electron chi connectivity index (χ0n) is 12.9. The summed E-state index contributed by atoms with van der Waals surface area (Å²) in [6.45, 7) is 2.27. The van der Waals surface area contributed by atoms with Crippen molar-refractivity contribution in [1.82, 2.24) is 9.66 Å². The number of aromatic hydroxyl groups is 1. The Kier molecular flexibility index (Phi) is 4.43. The second kappa shape index (κ2) is 6.48. The SMILES string of the molecule is CSC1=C(c2ncc(O)n2Nc2ccccc2)CC(C)CC1. The van der Waals surface area contributed by atoms with Crippen LogP contribution in [0.15, 0.2) is 41.4 Å². The Morgan fingerprint density at radius 2 is 2.09 bits per heavy atom. The summed E-state index contributed by atoms with van der Waals surface area (Å²) >= 11 is 1.79. The predicted octanol–water partition coefficient (Wildman–Crippen LogP) is 4.36. The van der Waals surface area contributed by atoms with Crippen LogP contribution in [-0.2, 0) is 0 Å². The van der Waals surface area contributed by atoms with Crippen molar-refractivity contribution in [2.24, 2.45) is 5.92 Å². The maximum absolute atomic E-state index is 10.2. The van der Waals surface area contributed by atoms with Crippen LogP contribution in [-0.4, -0.2) is 21.0 Å². The first-order valence-corrected chi connectivity index (χ1v) is 8.76. The van der Waals surface area contributed by atoms with Crippen LogP contribution < -0.4 is 5.43 Å². The molecule has 1 aromatic carbocycles. The van der Waals surface area contributed by atoms with E-state index in [1.54, 1.807) is 16.4 Å². The van der Waals surface area contributed by atoms with Gasteiger partial charge in [0.25, 0.3) is 0 Å². The molecule has 0 amide bonds. The lowest BCUT2D eigenvalue weighted by molar-refractivity contribution is 0.435. The maximum atomic E-state index is 10.2. The monoisotopic (exact) mass is 315 g/mol. The minimum Gasteiger partial charge on any atom is -0.492 e. The molecule has 116 valence electrons. The third kappa shape index (κ3) is 2.99. The summed E-state index contributed by atoms with van der Waals surface area (Å²) < 4.78 is 1.68. The molecule has 0 bridgehead atoms. The first-order chi connectivity index (χ1) is 10.7. The van der Waals surface area contributed by atoms with Gasteiger partial charge < -0.3 is 5.11 Å². The van der Waals surface area contributed by atoms with Gasteiger partial charge in [-0.15, -0.1) is 11.8 Å². The minimum absolute atomic E-state index is 0.130. The van der Waals surface area contributed by atoms with Gasteiger partial charge in [0.2, 0.25) is 5.88 Å². The lowest BCUT2D eigenvalue weighted by Gasteiger charge is -2.24. The zero-order chi connectivity index (χ0) is 15.5. The number of benzene rings is 1. The molecule has 0 spiro atoms. The lowest BCUT2D eigenvalue weighted by Crippen LogP contribution is -2.15. The maximum Gasteiger partial charge on any atom is 0.231 e. The van der Waals surface area contributed by atoms with Gasteiger partial charge >= 0.3 is 0 Å². The minimum atomic E-state index is 0.130. The summed E-state index contributed by atoms with van der Waals surface area (Å²) in [5.41, 5.74) is 5.41. The molecule has 0 saturated heterocycles. The number of imidazole rings is 1. The van der Waals surface area contributed by atoms with Crippen molar-refractivity contribution >= 4 is 23.0 Å². The van der Waals surface area contributed by atoms with Gasteiger partial charge in [0.15, 0.2) is 5.82 Å². The molecule has 1 aliphatic carbocycles. The average molecular weight is 315 g/mol. The van der Waals surface area contributed by atoms with Gasteiger partial charge in [-0.25, -0.2) is 9.66 Å². The summed E-state index contributed by atoms with van der Waals surface area (Å²) in [7, 11) is 0. The molecule has 1 aliphatic rings. The molecule has 1 unspecified atom stereocenters. The van der Waals surface area contributed by atoms with Crippen molar-refractivity contribution < 1.29 is 5.11 Å². The molecule has 5 heteroatoms. The highest BCUT2D eigenvalue weighted by molar-refractivity contribution is 8.02. The fourth-order valence-corrected chi connectivity index (χ4v) is 3.58. The van der Waals surface area contributed by atoms with Gasteiger partial charge in [-0.2, -0.15) is 0 Å². The summed E-state index contributed by atoms with van der Waals surface area (Å²) in [4.78, 5) is 5.82. The zero-order valence-corrected chi connectivity index (χ0v) is 13.7. The molecule has 0 saturated carbocycles. The van der Waals surface area contributed by atoms with Crippen molar-refractivity contribution in [2.75, 3.05) is 11.7 Å². The van der Waals surface area contributed by atoms with E-state index in [4.69, 9.17) is 0 Å². The van der Waals surface area contributed by atoms with E-state index in [-0.39, 0.29) is 5.88 Å². The molecule has 0 radical (unpaired) electrons. The lowest BCUT2D eigenvalue weighted by atomic mass is 9.90. The number of allylic oxidation sites excluding steroid dienone is 2. The predicted molar refractivity (Wildman–Crippen MR) is 92.8 cm³/mol. The van der Waals surface area contributed by atoms with E-state index >= 15 is 0 Å². The molecule has 1 aromatic heterocycles. The van der Waals surface area contributed by atoms with E-state index < -0.39 is 0 Å². The van der Waals surface area contributed by atoms with E-state index in [1.165, 1.54) is 23.1 Å². The normalized spacial score (nSPS) is 18.5. The van der Waals surface area contributed by atoms with Crippen molar-refractivity contribution in [3.8, 4) is 5.88 Å². The topological polar surface area (TPSA) is 50.1 Å². The van der Waals surface area contributed by atoms with Crippen LogP contribution in [0.5, 0.6) is 5.88 Å². The molecule has 3 rings (SSSR count). The highest BCUT2D eigenvalue weighted by atomic mass is 32.2. The second-order valence-electron chi connectivity index (χ2n) is 5.71. The number of nitrogens with zero attached hydrogens (tertiary/aromatic N) is 2. The van der Waals surface area contributed by atoms with E-state index in [1.807, 2.05) is 30.3 Å². The van der Waals surface area contributed by atoms with Gasteiger partial charge in [-0.3, -0.25) is 5.43 Å². The number of anilines is 1. The van der Waals surface area contributed by atoms with Gasteiger partial charge in [-0.1, -0.05) is 25.1 Å². The van der Waals surface area contributed by atoms with Crippen molar-refractivity contribution in [2.45, 2.75) is 26.2 Å². The van der Waals surface area contributed by atoms with Crippen LogP contribution in [0.4, 0.5) is 5.69 Å². The van der Waals surface area contributed by atoms with E-state index in [0.717, 1.165) is 24.4 Å². The van der Waals surface area contributed by atoms with Crippen molar-refractivity contribution in [1.29, 1.82) is 0 Å². The quantitative estimate of drug-likeness (QED) is 0.880. The van der Waals surface area contributed by atoms with Gasteiger partial charge in [0, 0.05) is 5.57 Å². The Hall–Kier alpha value is -1.88. The van der Waals surface area contributed by atoms with Crippen molar-refractivity contribution in [3.63, 3.8) is 0 Å². The fourth-order valence-electron chi connectivity index (χ4n) is 2.84. The number of rotatable bonds is 4. The van der Waals surface area contributed by atoms with E-state index in [0.29, 0.717) is 5.92 Å².